The summed E-state index contributed by atoms with van der Waals surface area (Å²) < 4.78 is 31.1. The summed E-state index contributed by atoms with van der Waals surface area (Å²) in [5, 5.41) is 24.5. The molecule has 0 saturated carbocycles. The highest BCUT2D eigenvalue weighted by Gasteiger charge is 2.26. The van der Waals surface area contributed by atoms with Gasteiger partial charge in [0.05, 0.1) is 24.9 Å². The minimum Gasteiger partial charge on any atom is -0.378 e. The van der Waals surface area contributed by atoms with Gasteiger partial charge < -0.3 is 9.50 Å². The number of carbonyl (C=O) groups is 1. The molecule has 0 aromatic heterocycles. The molecular formula is C22H13BrN4O8S2. The van der Waals surface area contributed by atoms with Crippen molar-refractivity contribution < 1.29 is 27.2 Å². The van der Waals surface area contributed by atoms with E-state index in [9.17, 15) is 33.4 Å². The molecule has 1 aliphatic heterocycles. The number of carbonyl (C=O) groups excluding carboxylic acids is 1. The second-order valence-electron chi connectivity index (χ2n) is 7.20. The van der Waals surface area contributed by atoms with Gasteiger partial charge in [0.2, 0.25) is 0 Å². The molecule has 188 valence electrons. The quantitative estimate of drug-likeness (QED) is 0.170. The monoisotopic (exact) mass is 604 g/mol. The molecule has 0 bridgehead atoms. The molecule has 0 radical (unpaired) electrons. The van der Waals surface area contributed by atoms with Crippen molar-refractivity contribution in [3.63, 3.8) is 0 Å². The van der Waals surface area contributed by atoms with Crippen LogP contribution in [0.15, 0.2) is 86.0 Å². The van der Waals surface area contributed by atoms with E-state index in [0.717, 1.165) is 36.0 Å². The summed E-state index contributed by atoms with van der Waals surface area (Å²) in [5.74, 6) is -0.555. The van der Waals surface area contributed by atoms with Gasteiger partial charge in [-0.25, -0.2) is 4.99 Å². The normalized spacial score (nSPS) is 15.5. The van der Waals surface area contributed by atoms with Gasteiger partial charge in [0.15, 0.2) is 5.17 Å². The lowest BCUT2D eigenvalue weighted by Gasteiger charge is -2.09. The second-order valence-corrected chi connectivity index (χ2v) is 10.6. The molecule has 4 rings (SSSR count). The zero-order valence-electron chi connectivity index (χ0n) is 18.2. The molecule has 1 aliphatic rings. The highest BCUT2D eigenvalue weighted by atomic mass is 79.9. The third-order valence-electron chi connectivity index (χ3n) is 4.76. The zero-order chi connectivity index (χ0) is 26.7. The van der Waals surface area contributed by atoms with Crippen molar-refractivity contribution in [2.75, 3.05) is 0 Å². The van der Waals surface area contributed by atoms with Gasteiger partial charge in [0.25, 0.3) is 17.3 Å². The first-order valence-corrected chi connectivity index (χ1v) is 13.1. The second kappa shape index (κ2) is 10.5. The van der Waals surface area contributed by atoms with E-state index in [1.165, 1.54) is 30.3 Å². The molecular weight excluding hydrogens is 592 g/mol. The zero-order valence-corrected chi connectivity index (χ0v) is 21.4. The fraction of sp³-hybridized carbons (Fsp3) is 0. The highest BCUT2D eigenvalue weighted by Crippen LogP contribution is 2.34. The molecule has 3 aromatic rings. The fourth-order valence-electron chi connectivity index (χ4n) is 3.01. The fourth-order valence-corrected chi connectivity index (χ4v) is 5.24. The number of aliphatic imine (C=N–C) groups is 1. The minimum atomic E-state index is -4.33. The minimum absolute atomic E-state index is 0.0646. The van der Waals surface area contributed by atoms with Crippen molar-refractivity contribution in [2.24, 2.45) is 4.99 Å². The van der Waals surface area contributed by atoms with Crippen LogP contribution in [-0.2, 0) is 14.9 Å². The number of hydrogen-bond acceptors (Lipinski definition) is 10. The Labute approximate surface area is 221 Å². The number of nitro benzene ring substituents is 2. The summed E-state index contributed by atoms with van der Waals surface area (Å²) in [6, 6.07) is 14.3. The van der Waals surface area contributed by atoms with Crippen LogP contribution in [0.25, 0.3) is 6.08 Å². The van der Waals surface area contributed by atoms with Crippen molar-refractivity contribution in [1.29, 1.82) is 0 Å². The van der Waals surface area contributed by atoms with Gasteiger partial charge in [-0.15, -0.1) is 0 Å². The molecule has 15 heteroatoms. The largest absolute Gasteiger partial charge is 0.378 e. The maximum absolute atomic E-state index is 12.7. The molecule has 1 fully saturated rings. The molecule has 0 spiro atoms. The van der Waals surface area contributed by atoms with Crippen LogP contribution in [0.1, 0.15) is 5.56 Å². The number of benzene rings is 3. The molecule has 12 nitrogen and oxygen atoms in total. The van der Waals surface area contributed by atoms with Gasteiger partial charge in [-0.05, 0) is 58.0 Å². The molecule has 0 unspecified atom stereocenters. The number of non-ortho nitro benzene ring substituents is 2. The predicted octanol–water partition coefficient (Wildman–Crippen LogP) is 4.92. The van der Waals surface area contributed by atoms with Crippen LogP contribution in [0.4, 0.5) is 17.1 Å². The number of thioether (sulfide) groups is 1. The van der Waals surface area contributed by atoms with Gasteiger partial charge in [0.1, 0.15) is 10.6 Å². The van der Waals surface area contributed by atoms with Gasteiger partial charge in [-0.3, -0.25) is 25.0 Å². The Morgan fingerprint density at radius 1 is 0.973 bits per heavy atom. The number of rotatable bonds is 7. The molecule has 1 amide bonds. The summed E-state index contributed by atoms with van der Waals surface area (Å²) in [6.45, 7) is 0. The van der Waals surface area contributed by atoms with Crippen LogP contribution in [0.2, 0.25) is 0 Å². The first kappa shape index (κ1) is 26.0. The summed E-state index contributed by atoms with van der Waals surface area (Å²) in [5.41, 5.74) is 0.238. The van der Waals surface area contributed by atoms with Crippen LogP contribution >= 0.6 is 27.7 Å². The first-order chi connectivity index (χ1) is 17.5. The Kier molecular flexibility index (Phi) is 7.37. The Morgan fingerprint density at radius 3 is 2.27 bits per heavy atom. The van der Waals surface area contributed by atoms with Crippen LogP contribution in [-0.4, -0.2) is 29.3 Å². The molecule has 37 heavy (non-hydrogen) atoms. The standard InChI is InChI=1S/C22H13BrN4O8S2/c23-17-12-15(27(31)32)7-10-18(17)24-22-25-21(28)20(36-22)11-13-3-1-2-4-19(13)35-37(33,34)16-8-5-14(6-9-16)26(29)30/h1-12H,(H,24,25,28)/b20-11+. The number of para-hydroxylation sites is 1. The van der Waals surface area contributed by atoms with Crippen molar-refractivity contribution in [1.82, 2.24) is 5.32 Å². The van der Waals surface area contributed by atoms with E-state index in [-0.39, 0.29) is 37.7 Å². The number of nitrogens with zero attached hydrogens (tertiary/aromatic N) is 3. The smallest absolute Gasteiger partial charge is 0.339 e. The van der Waals surface area contributed by atoms with E-state index in [4.69, 9.17) is 4.18 Å². The van der Waals surface area contributed by atoms with Crippen molar-refractivity contribution >= 4 is 72.0 Å². The summed E-state index contributed by atoms with van der Waals surface area (Å²) in [6.07, 6.45) is 1.42. The molecule has 0 atom stereocenters. The van der Waals surface area contributed by atoms with E-state index in [2.05, 4.69) is 26.2 Å². The lowest BCUT2D eigenvalue weighted by Crippen LogP contribution is -2.19. The lowest BCUT2D eigenvalue weighted by atomic mass is 10.2. The van der Waals surface area contributed by atoms with Crippen LogP contribution in [0, 0.1) is 20.2 Å². The van der Waals surface area contributed by atoms with E-state index < -0.39 is 25.9 Å². The maximum atomic E-state index is 12.7. The Hall–Kier alpha value is -4.08. The summed E-state index contributed by atoms with van der Waals surface area (Å²) in [7, 11) is -4.33. The van der Waals surface area contributed by atoms with Crippen molar-refractivity contribution in [2.45, 2.75) is 4.90 Å². The maximum Gasteiger partial charge on any atom is 0.339 e. The predicted molar refractivity (Wildman–Crippen MR) is 139 cm³/mol. The topological polar surface area (TPSA) is 171 Å². The third kappa shape index (κ3) is 6.02. The highest BCUT2D eigenvalue weighted by molar-refractivity contribution is 9.10. The summed E-state index contributed by atoms with van der Waals surface area (Å²) >= 11 is 4.20. The van der Waals surface area contributed by atoms with E-state index in [1.54, 1.807) is 18.2 Å². The van der Waals surface area contributed by atoms with E-state index >= 15 is 0 Å². The van der Waals surface area contributed by atoms with Gasteiger partial charge >= 0.3 is 10.1 Å². The van der Waals surface area contributed by atoms with Crippen molar-refractivity contribution in [3.8, 4) is 5.75 Å². The number of amidine groups is 1. The number of nitro groups is 2. The number of hydrogen-bond donors (Lipinski definition) is 1. The van der Waals surface area contributed by atoms with E-state index in [1.807, 2.05) is 0 Å². The number of halogens is 1. The molecule has 1 saturated heterocycles. The summed E-state index contributed by atoms with van der Waals surface area (Å²) in [4.78, 5) is 37.3. The van der Waals surface area contributed by atoms with Gasteiger partial charge in [-0.2, -0.15) is 8.42 Å². The number of amides is 1. The first-order valence-electron chi connectivity index (χ1n) is 10.0. The van der Waals surface area contributed by atoms with E-state index in [0.29, 0.717) is 10.2 Å². The Balaban J connectivity index is 1.58. The lowest BCUT2D eigenvalue weighted by molar-refractivity contribution is -0.385. The average molecular weight is 605 g/mol. The molecule has 3 aromatic carbocycles. The molecule has 1 N–H and O–H groups in total. The van der Waals surface area contributed by atoms with Crippen LogP contribution < -0.4 is 9.50 Å². The number of nitrogens with one attached hydrogen (secondary N) is 1. The average Bonchev–Trinajstić information content (AvgIpc) is 3.19. The molecule has 0 aliphatic carbocycles. The van der Waals surface area contributed by atoms with Gasteiger partial charge in [-0.1, -0.05) is 18.2 Å². The van der Waals surface area contributed by atoms with Crippen LogP contribution in [0.5, 0.6) is 5.75 Å². The van der Waals surface area contributed by atoms with Crippen LogP contribution in [0.3, 0.4) is 0 Å². The Bertz CT molecular complexity index is 1610. The SMILES string of the molecule is O=C1NC(=Nc2ccc([N+](=O)[O-])cc2Br)S/C1=C/c1ccccc1OS(=O)(=O)c1ccc([N+](=O)[O-])cc1. The van der Waals surface area contributed by atoms with Crippen molar-refractivity contribution in [3.05, 3.63) is 102 Å². The third-order valence-corrected chi connectivity index (χ3v) is 7.55. The Morgan fingerprint density at radius 2 is 1.62 bits per heavy atom. The molecule has 1 heterocycles. The van der Waals surface area contributed by atoms with Gasteiger partial charge in [0, 0.05) is 29.8 Å².